The lowest BCUT2D eigenvalue weighted by Gasteiger charge is -2.14. The smallest absolute Gasteiger partial charge is 0.124 e. The normalized spacial score (nSPS) is 16.6. The minimum absolute atomic E-state index is 0.00143. The third-order valence-electron chi connectivity index (χ3n) is 2.82. The van der Waals surface area contributed by atoms with Gasteiger partial charge in [-0.1, -0.05) is 0 Å². The number of aliphatic hydroxyl groups excluding tert-OH is 2. The molecule has 1 saturated carbocycles. The first kappa shape index (κ1) is 13.3. The van der Waals surface area contributed by atoms with E-state index in [1.807, 2.05) is 0 Å². The monoisotopic (exact) mass is 255 g/mol. The van der Waals surface area contributed by atoms with Crippen molar-refractivity contribution in [2.45, 2.75) is 31.5 Å². The molecule has 1 aliphatic rings. The molecule has 1 aromatic rings. The standard InChI is InChI=1S/C13H18FNO3/c14-10-1-4-13(18-8-12(17)7-16)9(5-10)6-15-11-2-3-11/h1,4-5,11-12,15-17H,2-3,6-8H2. The number of aliphatic hydroxyl groups is 2. The fraction of sp³-hybridized carbons (Fsp3) is 0.538. The van der Waals surface area contributed by atoms with Gasteiger partial charge < -0.3 is 20.3 Å². The second-order valence-electron chi connectivity index (χ2n) is 4.55. The van der Waals surface area contributed by atoms with E-state index >= 15 is 0 Å². The molecule has 1 aliphatic carbocycles. The Balaban J connectivity index is 1.97. The third-order valence-corrected chi connectivity index (χ3v) is 2.82. The molecular weight excluding hydrogens is 237 g/mol. The van der Waals surface area contributed by atoms with Crippen LogP contribution in [0.4, 0.5) is 4.39 Å². The average Bonchev–Trinajstić information content (AvgIpc) is 3.18. The molecule has 100 valence electrons. The molecular formula is C13H18FNO3. The second-order valence-corrected chi connectivity index (χ2v) is 4.55. The molecule has 0 aromatic heterocycles. The molecule has 0 radical (unpaired) electrons. The lowest BCUT2D eigenvalue weighted by atomic mass is 10.2. The zero-order valence-electron chi connectivity index (χ0n) is 10.1. The van der Waals surface area contributed by atoms with Crippen LogP contribution in [0.3, 0.4) is 0 Å². The van der Waals surface area contributed by atoms with E-state index in [0.717, 1.165) is 18.4 Å². The summed E-state index contributed by atoms with van der Waals surface area (Å²) in [5.41, 5.74) is 0.729. The van der Waals surface area contributed by atoms with E-state index in [9.17, 15) is 9.50 Å². The van der Waals surface area contributed by atoms with Crippen molar-refractivity contribution in [1.29, 1.82) is 0 Å². The Labute approximate surface area is 105 Å². The van der Waals surface area contributed by atoms with Crippen molar-refractivity contribution >= 4 is 0 Å². The van der Waals surface area contributed by atoms with E-state index < -0.39 is 6.10 Å². The van der Waals surface area contributed by atoms with Crippen LogP contribution in [0, 0.1) is 5.82 Å². The van der Waals surface area contributed by atoms with Gasteiger partial charge in [-0.3, -0.25) is 0 Å². The zero-order valence-corrected chi connectivity index (χ0v) is 10.1. The van der Waals surface area contributed by atoms with Crippen molar-refractivity contribution in [1.82, 2.24) is 5.32 Å². The molecule has 4 nitrogen and oxygen atoms in total. The van der Waals surface area contributed by atoms with Crippen molar-refractivity contribution in [3.05, 3.63) is 29.6 Å². The van der Waals surface area contributed by atoms with Gasteiger partial charge in [0.2, 0.25) is 0 Å². The van der Waals surface area contributed by atoms with Gasteiger partial charge in [0.1, 0.15) is 24.3 Å². The quantitative estimate of drug-likeness (QED) is 0.675. The van der Waals surface area contributed by atoms with Gasteiger partial charge in [0.25, 0.3) is 0 Å². The Morgan fingerprint density at radius 3 is 2.89 bits per heavy atom. The molecule has 0 amide bonds. The lowest BCUT2D eigenvalue weighted by Crippen LogP contribution is -2.22. The van der Waals surface area contributed by atoms with E-state index in [1.54, 1.807) is 6.07 Å². The summed E-state index contributed by atoms with van der Waals surface area (Å²) >= 11 is 0. The van der Waals surface area contributed by atoms with Crippen LogP contribution < -0.4 is 10.1 Å². The lowest BCUT2D eigenvalue weighted by molar-refractivity contribution is 0.0532. The van der Waals surface area contributed by atoms with Crippen molar-refractivity contribution in [3.63, 3.8) is 0 Å². The highest BCUT2D eigenvalue weighted by molar-refractivity contribution is 5.34. The summed E-state index contributed by atoms with van der Waals surface area (Å²) in [7, 11) is 0. The van der Waals surface area contributed by atoms with Gasteiger partial charge >= 0.3 is 0 Å². The highest BCUT2D eigenvalue weighted by Crippen LogP contribution is 2.23. The van der Waals surface area contributed by atoms with Gasteiger partial charge in [-0.15, -0.1) is 0 Å². The van der Waals surface area contributed by atoms with Crippen LogP contribution in [-0.2, 0) is 6.54 Å². The van der Waals surface area contributed by atoms with E-state index in [1.165, 1.54) is 12.1 Å². The van der Waals surface area contributed by atoms with Gasteiger partial charge in [-0.2, -0.15) is 0 Å². The summed E-state index contributed by atoms with van der Waals surface area (Å²) in [6, 6.07) is 4.82. The molecule has 1 unspecified atom stereocenters. The van der Waals surface area contributed by atoms with Crippen LogP contribution in [0.1, 0.15) is 18.4 Å². The van der Waals surface area contributed by atoms with Crippen molar-refractivity contribution in [2.75, 3.05) is 13.2 Å². The SMILES string of the molecule is OCC(O)COc1ccc(F)cc1CNC1CC1. The summed E-state index contributed by atoms with van der Waals surface area (Å²) in [6.45, 7) is 0.197. The van der Waals surface area contributed by atoms with Gasteiger partial charge in [0.05, 0.1) is 6.61 Å². The second kappa shape index (κ2) is 6.13. The summed E-state index contributed by atoms with van der Waals surface area (Å²) in [6.07, 6.45) is 1.41. The highest BCUT2D eigenvalue weighted by atomic mass is 19.1. The Morgan fingerprint density at radius 2 is 2.22 bits per heavy atom. The number of benzene rings is 1. The zero-order chi connectivity index (χ0) is 13.0. The number of hydrogen-bond donors (Lipinski definition) is 3. The minimum atomic E-state index is -0.917. The molecule has 5 heteroatoms. The first-order chi connectivity index (χ1) is 8.69. The predicted octanol–water partition coefficient (Wildman–Crippen LogP) is 0.810. The molecule has 0 heterocycles. The third kappa shape index (κ3) is 3.94. The summed E-state index contributed by atoms with van der Waals surface area (Å²) < 4.78 is 18.6. The Bertz CT molecular complexity index is 396. The summed E-state index contributed by atoms with van der Waals surface area (Å²) in [4.78, 5) is 0. The molecule has 0 saturated heterocycles. The molecule has 18 heavy (non-hydrogen) atoms. The number of halogens is 1. The van der Waals surface area contributed by atoms with E-state index in [0.29, 0.717) is 18.3 Å². The van der Waals surface area contributed by atoms with Crippen LogP contribution in [0.2, 0.25) is 0 Å². The fourth-order valence-corrected chi connectivity index (χ4v) is 1.61. The molecule has 0 aliphatic heterocycles. The van der Waals surface area contributed by atoms with Crippen molar-refractivity contribution in [2.24, 2.45) is 0 Å². The number of ether oxygens (including phenoxy) is 1. The number of hydrogen-bond acceptors (Lipinski definition) is 4. The van der Waals surface area contributed by atoms with Gasteiger partial charge in [0, 0.05) is 18.2 Å². The number of nitrogens with one attached hydrogen (secondary N) is 1. The first-order valence-corrected chi connectivity index (χ1v) is 6.12. The molecule has 0 spiro atoms. The van der Waals surface area contributed by atoms with Crippen LogP contribution >= 0.6 is 0 Å². The van der Waals surface area contributed by atoms with E-state index in [4.69, 9.17) is 9.84 Å². The van der Waals surface area contributed by atoms with E-state index in [-0.39, 0.29) is 19.0 Å². The summed E-state index contributed by atoms with van der Waals surface area (Å²) in [5, 5.41) is 21.2. The van der Waals surface area contributed by atoms with Crippen LogP contribution in [0.15, 0.2) is 18.2 Å². The van der Waals surface area contributed by atoms with Gasteiger partial charge in [-0.25, -0.2) is 4.39 Å². The molecule has 1 atom stereocenters. The largest absolute Gasteiger partial charge is 0.490 e. The van der Waals surface area contributed by atoms with Crippen molar-refractivity contribution < 1.29 is 19.3 Å². The topological polar surface area (TPSA) is 61.7 Å². The molecule has 2 rings (SSSR count). The average molecular weight is 255 g/mol. The van der Waals surface area contributed by atoms with Crippen LogP contribution in [0.25, 0.3) is 0 Å². The van der Waals surface area contributed by atoms with Gasteiger partial charge in [0.15, 0.2) is 0 Å². The maximum Gasteiger partial charge on any atom is 0.124 e. The maximum atomic E-state index is 13.2. The Kier molecular flexibility index (Phi) is 4.52. The summed E-state index contributed by atoms with van der Waals surface area (Å²) in [5.74, 6) is 0.231. The van der Waals surface area contributed by atoms with Crippen LogP contribution in [0.5, 0.6) is 5.75 Å². The Hall–Kier alpha value is -1.17. The molecule has 3 N–H and O–H groups in total. The van der Waals surface area contributed by atoms with Crippen molar-refractivity contribution in [3.8, 4) is 5.75 Å². The molecule has 1 fully saturated rings. The molecule has 0 bridgehead atoms. The minimum Gasteiger partial charge on any atom is -0.490 e. The van der Waals surface area contributed by atoms with Gasteiger partial charge in [-0.05, 0) is 31.0 Å². The molecule has 1 aromatic carbocycles. The maximum absolute atomic E-state index is 13.2. The first-order valence-electron chi connectivity index (χ1n) is 6.12. The Morgan fingerprint density at radius 1 is 1.44 bits per heavy atom. The predicted molar refractivity (Wildman–Crippen MR) is 64.8 cm³/mol. The van der Waals surface area contributed by atoms with Crippen LogP contribution in [-0.4, -0.2) is 35.6 Å². The highest BCUT2D eigenvalue weighted by Gasteiger charge is 2.20. The number of rotatable bonds is 7. The fourth-order valence-electron chi connectivity index (χ4n) is 1.61. The van der Waals surface area contributed by atoms with E-state index in [2.05, 4.69) is 5.32 Å².